The van der Waals surface area contributed by atoms with E-state index in [4.69, 9.17) is 14.5 Å². The summed E-state index contributed by atoms with van der Waals surface area (Å²) < 4.78 is 11.2. The van der Waals surface area contributed by atoms with Crippen molar-refractivity contribution in [2.45, 2.75) is 52.5 Å². The Morgan fingerprint density at radius 2 is 2.00 bits per heavy atom. The lowest BCUT2D eigenvalue weighted by Crippen LogP contribution is -2.38. The molecule has 0 amide bonds. The quantitative estimate of drug-likeness (QED) is 0.337. The third kappa shape index (κ3) is 8.65. The van der Waals surface area contributed by atoms with E-state index in [-0.39, 0.29) is 0 Å². The van der Waals surface area contributed by atoms with Gasteiger partial charge in [-0.2, -0.15) is 0 Å². The average Bonchev–Trinajstić information content (AvgIpc) is 2.81. The zero-order valence-corrected chi connectivity index (χ0v) is 19.4. The van der Waals surface area contributed by atoms with Crippen molar-refractivity contribution in [3.8, 4) is 0 Å². The normalized spacial score (nSPS) is 18.9. The largest absolute Gasteiger partial charge is 0.381 e. The molecule has 0 atom stereocenters. The van der Waals surface area contributed by atoms with Crippen LogP contribution < -0.4 is 15.5 Å². The summed E-state index contributed by atoms with van der Waals surface area (Å²) in [6, 6.07) is 4.29. The lowest BCUT2D eigenvalue weighted by molar-refractivity contribution is 0.0203. The predicted octanol–water partition coefficient (Wildman–Crippen LogP) is 3.21. The first-order valence-electron chi connectivity index (χ1n) is 12.1. The Kier molecular flexibility index (Phi) is 10.4. The Balaban J connectivity index is 1.35. The number of ether oxygens (including phenoxy) is 2. The molecule has 174 valence electrons. The van der Waals surface area contributed by atoms with Crippen LogP contribution in [0.25, 0.3) is 0 Å². The molecule has 0 unspecified atom stereocenters. The number of hydrogen-bond donors (Lipinski definition) is 2. The Morgan fingerprint density at radius 3 is 2.71 bits per heavy atom. The number of aliphatic imine (C=N–C) groups is 1. The second kappa shape index (κ2) is 13.5. The maximum atomic E-state index is 5.84. The molecule has 1 aromatic heterocycles. The molecule has 3 heterocycles. The smallest absolute Gasteiger partial charge is 0.191 e. The van der Waals surface area contributed by atoms with Crippen molar-refractivity contribution in [3.05, 3.63) is 23.9 Å². The maximum absolute atomic E-state index is 5.84. The topological polar surface area (TPSA) is 71.0 Å². The highest BCUT2D eigenvalue weighted by Crippen LogP contribution is 2.21. The summed E-state index contributed by atoms with van der Waals surface area (Å²) in [6.45, 7) is 12.4. The van der Waals surface area contributed by atoms with Gasteiger partial charge in [-0.1, -0.05) is 13.0 Å². The number of nitrogens with one attached hydrogen (secondary N) is 2. The number of rotatable bonds is 10. The first kappa shape index (κ1) is 23.8. The number of guanidine groups is 1. The van der Waals surface area contributed by atoms with E-state index in [0.717, 1.165) is 95.1 Å². The fourth-order valence-corrected chi connectivity index (χ4v) is 3.99. The van der Waals surface area contributed by atoms with Crippen molar-refractivity contribution in [2.24, 2.45) is 16.8 Å². The van der Waals surface area contributed by atoms with E-state index in [0.29, 0.717) is 12.5 Å². The van der Waals surface area contributed by atoms with Crippen LogP contribution in [0.15, 0.2) is 23.3 Å². The predicted molar refractivity (Wildman–Crippen MR) is 127 cm³/mol. The van der Waals surface area contributed by atoms with Gasteiger partial charge in [-0.05, 0) is 62.5 Å². The number of piperidine rings is 1. The van der Waals surface area contributed by atoms with Crippen molar-refractivity contribution in [2.75, 3.05) is 57.5 Å². The Hall–Kier alpha value is -1.86. The SMILES string of the molecule is CCNC(=NCc1ccc(N2CCC(C)CC2)nc1)NCCCOCC1CCOCC1. The van der Waals surface area contributed by atoms with E-state index in [1.807, 2.05) is 6.20 Å². The molecule has 3 rings (SSSR count). The van der Waals surface area contributed by atoms with Crippen molar-refractivity contribution in [1.29, 1.82) is 0 Å². The highest BCUT2D eigenvalue weighted by atomic mass is 16.5. The third-order valence-corrected chi connectivity index (χ3v) is 6.13. The molecule has 1 aromatic rings. The van der Waals surface area contributed by atoms with E-state index in [2.05, 4.69) is 46.5 Å². The molecule has 2 aliphatic heterocycles. The van der Waals surface area contributed by atoms with Crippen LogP contribution in [0.1, 0.15) is 51.5 Å². The van der Waals surface area contributed by atoms with Crippen LogP contribution >= 0.6 is 0 Å². The van der Waals surface area contributed by atoms with Gasteiger partial charge in [0.25, 0.3) is 0 Å². The van der Waals surface area contributed by atoms with E-state index in [1.165, 1.54) is 12.8 Å². The van der Waals surface area contributed by atoms with Crippen molar-refractivity contribution < 1.29 is 9.47 Å². The lowest BCUT2D eigenvalue weighted by Gasteiger charge is -2.31. The molecule has 0 saturated carbocycles. The van der Waals surface area contributed by atoms with E-state index >= 15 is 0 Å². The minimum Gasteiger partial charge on any atom is -0.381 e. The van der Waals surface area contributed by atoms with E-state index < -0.39 is 0 Å². The molecule has 2 saturated heterocycles. The molecule has 2 aliphatic rings. The van der Waals surface area contributed by atoms with Gasteiger partial charge in [0, 0.05) is 58.8 Å². The highest BCUT2D eigenvalue weighted by Gasteiger charge is 2.16. The molecule has 0 bridgehead atoms. The number of hydrogen-bond acceptors (Lipinski definition) is 5. The van der Waals surface area contributed by atoms with Gasteiger partial charge >= 0.3 is 0 Å². The summed E-state index contributed by atoms with van der Waals surface area (Å²) in [4.78, 5) is 11.8. The van der Waals surface area contributed by atoms with Gasteiger partial charge in [0.1, 0.15) is 5.82 Å². The summed E-state index contributed by atoms with van der Waals surface area (Å²) in [5, 5.41) is 6.73. The van der Waals surface area contributed by atoms with Crippen LogP contribution in [0.2, 0.25) is 0 Å². The lowest BCUT2D eigenvalue weighted by atomic mass is 9.99. The van der Waals surface area contributed by atoms with Gasteiger partial charge in [-0.15, -0.1) is 0 Å². The maximum Gasteiger partial charge on any atom is 0.191 e. The molecule has 7 heteroatoms. The van der Waals surface area contributed by atoms with Crippen molar-refractivity contribution in [1.82, 2.24) is 15.6 Å². The second-order valence-electron chi connectivity index (χ2n) is 8.80. The van der Waals surface area contributed by atoms with Gasteiger partial charge in [-0.3, -0.25) is 0 Å². The molecule has 0 radical (unpaired) electrons. The van der Waals surface area contributed by atoms with Crippen LogP contribution in [0.4, 0.5) is 5.82 Å². The van der Waals surface area contributed by atoms with Gasteiger partial charge < -0.3 is 25.0 Å². The van der Waals surface area contributed by atoms with Crippen molar-refractivity contribution >= 4 is 11.8 Å². The van der Waals surface area contributed by atoms with E-state index in [9.17, 15) is 0 Å². The standard InChI is InChI=1S/C24H41N5O2/c1-3-25-24(26-11-4-14-31-19-21-9-15-30-16-10-21)28-18-22-5-6-23(27-17-22)29-12-7-20(2)8-13-29/h5-6,17,20-21H,3-4,7-16,18-19H2,1-2H3,(H2,25,26,28). The third-order valence-electron chi connectivity index (χ3n) is 6.13. The van der Waals surface area contributed by atoms with Gasteiger partial charge in [0.2, 0.25) is 0 Å². The first-order valence-corrected chi connectivity index (χ1v) is 12.1. The summed E-state index contributed by atoms with van der Waals surface area (Å²) >= 11 is 0. The van der Waals surface area contributed by atoms with Gasteiger partial charge in [0.05, 0.1) is 6.54 Å². The molecular formula is C24H41N5O2. The van der Waals surface area contributed by atoms with Crippen LogP contribution in [-0.4, -0.2) is 63.6 Å². The molecule has 0 aromatic carbocycles. The number of nitrogens with zero attached hydrogens (tertiary/aromatic N) is 3. The molecule has 7 nitrogen and oxygen atoms in total. The zero-order chi connectivity index (χ0) is 21.7. The Morgan fingerprint density at radius 1 is 1.19 bits per heavy atom. The average molecular weight is 432 g/mol. The zero-order valence-electron chi connectivity index (χ0n) is 19.4. The Bertz CT molecular complexity index is 638. The summed E-state index contributed by atoms with van der Waals surface area (Å²) in [5.41, 5.74) is 1.13. The number of anilines is 1. The highest BCUT2D eigenvalue weighted by molar-refractivity contribution is 5.79. The van der Waals surface area contributed by atoms with Crippen LogP contribution in [0.3, 0.4) is 0 Å². The fraction of sp³-hybridized carbons (Fsp3) is 0.750. The minimum atomic E-state index is 0.625. The molecule has 2 N–H and O–H groups in total. The summed E-state index contributed by atoms with van der Waals surface area (Å²) in [6.07, 6.45) is 7.70. The van der Waals surface area contributed by atoms with Crippen molar-refractivity contribution in [3.63, 3.8) is 0 Å². The van der Waals surface area contributed by atoms with E-state index in [1.54, 1.807) is 0 Å². The Labute approximate surface area is 188 Å². The molecule has 0 aliphatic carbocycles. The van der Waals surface area contributed by atoms with Gasteiger partial charge in [0.15, 0.2) is 5.96 Å². The van der Waals surface area contributed by atoms with Crippen LogP contribution in [0.5, 0.6) is 0 Å². The van der Waals surface area contributed by atoms with Gasteiger partial charge in [-0.25, -0.2) is 9.98 Å². The monoisotopic (exact) mass is 431 g/mol. The summed E-state index contributed by atoms with van der Waals surface area (Å²) in [7, 11) is 0. The molecular weight excluding hydrogens is 390 g/mol. The van der Waals surface area contributed by atoms with Crippen LogP contribution in [0, 0.1) is 11.8 Å². The number of aromatic nitrogens is 1. The summed E-state index contributed by atoms with van der Waals surface area (Å²) in [5.74, 6) is 3.44. The molecule has 2 fully saturated rings. The molecule has 31 heavy (non-hydrogen) atoms. The first-order chi connectivity index (χ1) is 15.2. The molecule has 0 spiro atoms. The minimum absolute atomic E-state index is 0.625. The number of pyridine rings is 1. The van der Waals surface area contributed by atoms with Crippen LogP contribution in [-0.2, 0) is 16.0 Å². The second-order valence-corrected chi connectivity index (χ2v) is 8.80. The fourth-order valence-electron chi connectivity index (χ4n) is 3.99.